The van der Waals surface area contributed by atoms with Crippen LogP contribution in [0.1, 0.15) is 37.8 Å². The van der Waals surface area contributed by atoms with Gasteiger partial charge in [0, 0.05) is 5.41 Å². The summed E-state index contributed by atoms with van der Waals surface area (Å²) in [6.45, 7) is 4.42. The van der Waals surface area contributed by atoms with Gasteiger partial charge in [-0.2, -0.15) is 0 Å². The van der Waals surface area contributed by atoms with E-state index < -0.39 is 0 Å². The average Bonchev–Trinajstić information content (AvgIpc) is 2.87. The molecule has 0 radical (unpaired) electrons. The first-order chi connectivity index (χ1) is 9.77. The standard InChI is InChI=1S/C19H22O/c1-3-18-19(14-15(2)20-18,16-10-6-4-7-11-16)17-12-8-5-9-13-17/h4-13,15,18H,3,14H2,1-2H3/t15-,18+/m1/s1. The molecule has 1 heteroatoms. The molecule has 0 aliphatic carbocycles. The van der Waals surface area contributed by atoms with Crippen molar-refractivity contribution < 1.29 is 4.74 Å². The highest BCUT2D eigenvalue weighted by Crippen LogP contribution is 2.47. The van der Waals surface area contributed by atoms with Crippen molar-refractivity contribution in [1.82, 2.24) is 0 Å². The zero-order valence-corrected chi connectivity index (χ0v) is 12.3. The van der Waals surface area contributed by atoms with Crippen LogP contribution in [0, 0.1) is 0 Å². The van der Waals surface area contributed by atoms with Crippen molar-refractivity contribution in [3.05, 3.63) is 71.8 Å². The van der Waals surface area contributed by atoms with Crippen LogP contribution in [0.3, 0.4) is 0 Å². The van der Waals surface area contributed by atoms with Crippen molar-refractivity contribution in [1.29, 1.82) is 0 Å². The fourth-order valence-corrected chi connectivity index (χ4v) is 3.72. The molecule has 3 rings (SSSR count). The fraction of sp³-hybridized carbons (Fsp3) is 0.368. The molecular formula is C19H22O. The first-order valence-corrected chi connectivity index (χ1v) is 7.54. The van der Waals surface area contributed by atoms with E-state index in [0.29, 0.717) is 6.10 Å². The molecule has 0 spiro atoms. The van der Waals surface area contributed by atoms with Gasteiger partial charge in [-0.25, -0.2) is 0 Å². The summed E-state index contributed by atoms with van der Waals surface area (Å²) in [6.07, 6.45) is 2.65. The minimum absolute atomic E-state index is 0.00329. The third kappa shape index (κ3) is 2.06. The third-order valence-corrected chi connectivity index (χ3v) is 4.50. The molecule has 0 saturated carbocycles. The highest BCUT2D eigenvalue weighted by Gasteiger charge is 2.48. The maximum absolute atomic E-state index is 6.24. The molecule has 2 aromatic carbocycles. The number of rotatable bonds is 3. The van der Waals surface area contributed by atoms with Gasteiger partial charge in [0.2, 0.25) is 0 Å². The summed E-state index contributed by atoms with van der Waals surface area (Å²) < 4.78 is 6.24. The Hall–Kier alpha value is -1.60. The monoisotopic (exact) mass is 266 g/mol. The molecular weight excluding hydrogens is 244 g/mol. The molecule has 0 bridgehead atoms. The normalized spacial score (nSPS) is 24.7. The highest BCUT2D eigenvalue weighted by atomic mass is 16.5. The van der Waals surface area contributed by atoms with Crippen molar-refractivity contribution in [2.24, 2.45) is 0 Å². The molecule has 0 amide bonds. The summed E-state index contributed by atoms with van der Waals surface area (Å²) in [5.74, 6) is 0. The topological polar surface area (TPSA) is 9.23 Å². The maximum atomic E-state index is 6.24. The molecule has 1 saturated heterocycles. The van der Waals surface area contributed by atoms with E-state index in [9.17, 15) is 0 Å². The largest absolute Gasteiger partial charge is 0.374 e. The minimum atomic E-state index is -0.00329. The molecule has 104 valence electrons. The number of hydrogen-bond donors (Lipinski definition) is 0. The molecule has 1 nitrogen and oxygen atoms in total. The quantitative estimate of drug-likeness (QED) is 0.791. The summed E-state index contributed by atoms with van der Waals surface area (Å²) in [5, 5.41) is 0. The molecule has 1 fully saturated rings. The van der Waals surface area contributed by atoms with Crippen molar-refractivity contribution in [3.63, 3.8) is 0 Å². The molecule has 20 heavy (non-hydrogen) atoms. The van der Waals surface area contributed by atoms with E-state index in [4.69, 9.17) is 4.74 Å². The lowest BCUT2D eigenvalue weighted by atomic mass is 9.68. The van der Waals surface area contributed by atoms with Crippen LogP contribution < -0.4 is 0 Å². The Bertz CT molecular complexity index is 507. The molecule has 2 atom stereocenters. The molecule has 2 aromatic rings. The first-order valence-electron chi connectivity index (χ1n) is 7.54. The number of ether oxygens (including phenoxy) is 1. The van der Waals surface area contributed by atoms with Gasteiger partial charge >= 0.3 is 0 Å². The van der Waals surface area contributed by atoms with Crippen LogP contribution in [0.25, 0.3) is 0 Å². The highest BCUT2D eigenvalue weighted by molar-refractivity contribution is 5.42. The number of benzene rings is 2. The Balaban J connectivity index is 2.18. The molecule has 0 N–H and O–H groups in total. The summed E-state index contributed by atoms with van der Waals surface area (Å²) in [6, 6.07) is 21.7. The van der Waals surface area contributed by atoms with E-state index in [1.165, 1.54) is 11.1 Å². The van der Waals surface area contributed by atoms with E-state index in [1.807, 2.05) is 0 Å². The van der Waals surface area contributed by atoms with Gasteiger partial charge in [-0.05, 0) is 30.9 Å². The summed E-state index contributed by atoms with van der Waals surface area (Å²) in [5.41, 5.74) is 2.75. The molecule has 1 aliphatic heterocycles. The van der Waals surface area contributed by atoms with Gasteiger partial charge < -0.3 is 4.74 Å². The van der Waals surface area contributed by atoms with E-state index in [-0.39, 0.29) is 11.5 Å². The summed E-state index contributed by atoms with van der Waals surface area (Å²) >= 11 is 0. The van der Waals surface area contributed by atoms with E-state index in [2.05, 4.69) is 74.5 Å². The Morgan fingerprint density at radius 1 is 0.950 bits per heavy atom. The van der Waals surface area contributed by atoms with Crippen LogP contribution in [0.4, 0.5) is 0 Å². The van der Waals surface area contributed by atoms with Gasteiger partial charge in [0.15, 0.2) is 0 Å². The molecule has 0 aromatic heterocycles. The smallest absolute Gasteiger partial charge is 0.0714 e. The van der Waals surface area contributed by atoms with Gasteiger partial charge in [0.1, 0.15) is 0 Å². The zero-order chi connectivity index (χ0) is 14.0. The van der Waals surface area contributed by atoms with Gasteiger partial charge in [-0.1, -0.05) is 67.6 Å². The Kier molecular flexibility index (Phi) is 3.62. The second kappa shape index (κ2) is 5.41. The van der Waals surface area contributed by atoms with Crippen LogP contribution in [-0.2, 0) is 10.2 Å². The zero-order valence-electron chi connectivity index (χ0n) is 12.3. The van der Waals surface area contributed by atoms with Gasteiger partial charge in [-0.3, -0.25) is 0 Å². The first kappa shape index (κ1) is 13.4. The summed E-state index contributed by atoms with van der Waals surface area (Å²) in [4.78, 5) is 0. The van der Waals surface area contributed by atoms with Crippen LogP contribution in [-0.4, -0.2) is 12.2 Å². The van der Waals surface area contributed by atoms with Crippen molar-refractivity contribution in [2.45, 2.75) is 44.3 Å². The van der Waals surface area contributed by atoms with Crippen LogP contribution in [0.15, 0.2) is 60.7 Å². The lowest BCUT2D eigenvalue weighted by Crippen LogP contribution is -2.36. The van der Waals surface area contributed by atoms with Gasteiger partial charge in [0.25, 0.3) is 0 Å². The van der Waals surface area contributed by atoms with E-state index >= 15 is 0 Å². The van der Waals surface area contributed by atoms with Crippen LogP contribution in [0.5, 0.6) is 0 Å². The molecule has 1 heterocycles. The van der Waals surface area contributed by atoms with Crippen LogP contribution in [0.2, 0.25) is 0 Å². The van der Waals surface area contributed by atoms with Gasteiger partial charge in [0.05, 0.1) is 12.2 Å². The second-order valence-corrected chi connectivity index (χ2v) is 5.75. The maximum Gasteiger partial charge on any atom is 0.0714 e. The summed E-state index contributed by atoms with van der Waals surface area (Å²) in [7, 11) is 0. The van der Waals surface area contributed by atoms with Crippen molar-refractivity contribution in [2.75, 3.05) is 0 Å². The van der Waals surface area contributed by atoms with Crippen LogP contribution >= 0.6 is 0 Å². The molecule has 0 unspecified atom stereocenters. The minimum Gasteiger partial charge on any atom is -0.374 e. The van der Waals surface area contributed by atoms with Crippen molar-refractivity contribution in [3.8, 4) is 0 Å². The lowest BCUT2D eigenvalue weighted by Gasteiger charge is -2.35. The Morgan fingerprint density at radius 2 is 1.45 bits per heavy atom. The predicted octanol–water partition coefficient (Wildman–Crippen LogP) is 4.56. The number of hydrogen-bond acceptors (Lipinski definition) is 1. The SMILES string of the molecule is CC[C@@H]1O[C@H](C)CC1(c1ccccc1)c1ccccc1. The Labute approximate surface area is 121 Å². The Morgan fingerprint density at radius 3 is 1.90 bits per heavy atom. The lowest BCUT2D eigenvalue weighted by molar-refractivity contribution is 0.0401. The predicted molar refractivity (Wildman–Crippen MR) is 82.9 cm³/mol. The van der Waals surface area contributed by atoms with Gasteiger partial charge in [-0.15, -0.1) is 0 Å². The van der Waals surface area contributed by atoms with Crippen molar-refractivity contribution >= 4 is 0 Å². The van der Waals surface area contributed by atoms with E-state index in [0.717, 1.165) is 12.8 Å². The second-order valence-electron chi connectivity index (χ2n) is 5.75. The third-order valence-electron chi connectivity index (χ3n) is 4.50. The molecule has 1 aliphatic rings. The fourth-order valence-electron chi connectivity index (χ4n) is 3.72. The average molecular weight is 266 g/mol. The van der Waals surface area contributed by atoms with E-state index in [1.54, 1.807) is 0 Å².